The summed E-state index contributed by atoms with van der Waals surface area (Å²) in [5.74, 6) is 0.468. The van der Waals surface area contributed by atoms with Gasteiger partial charge in [0.15, 0.2) is 0 Å². The molecule has 0 aliphatic heterocycles. The molecule has 0 saturated heterocycles. The Balaban J connectivity index is 2.68. The Morgan fingerprint density at radius 2 is 2.23 bits per heavy atom. The van der Waals surface area contributed by atoms with Crippen molar-refractivity contribution in [2.75, 3.05) is 0 Å². The van der Waals surface area contributed by atoms with Gasteiger partial charge in [0, 0.05) is 12.4 Å². The van der Waals surface area contributed by atoms with Gasteiger partial charge in [-0.25, -0.2) is 9.50 Å². The molecule has 13 heavy (non-hydrogen) atoms. The van der Waals surface area contributed by atoms with E-state index < -0.39 is 0 Å². The van der Waals surface area contributed by atoms with Gasteiger partial charge < -0.3 is 0 Å². The van der Waals surface area contributed by atoms with E-state index in [0.717, 1.165) is 14.9 Å². The lowest BCUT2D eigenvalue weighted by molar-refractivity contribution is 0.786. The molecular weight excluding hydrogens is 277 g/mol. The molecule has 0 unspecified atom stereocenters. The molecule has 0 amide bonds. The third kappa shape index (κ3) is 1.54. The van der Waals surface area contributed by atoms with E-state index in [-0.39, 0.29) is 0 Å². The molecule has 0 radical (unpaired) electrons. The predicted octanol–water partition coefficient (Wildman–Crippen LogP) is 2.46. The lowest BCUT2D eigenvalue weighted by Crippen LogP contribution is -1.92. The van der Waals surface area contributed by atoms with Crippen LogP contribution in [-0.2, 0) is 0 Å². The SMILES string of the molecule is CC(C)c1cc2c(I)nccn2n1. The fourth-order valence-electron chi connectivity index (χ4n) is 1.19. The molecule has 0 fully saturated rings. The van der Waals surface area contributed by atoms with Crippen molar-refractivity contribution in [2.24, 2.45) is 0 Å². The van der Waals surface area contributed by atoms with Crippen molar-refractivity contribution in [1.29, 1.82) is 0 Å². The van der Waals surface area contributed by atoms with Crippen LogP contribution < -0.4 is 0 Å². The maximum absolute atomic E-state index is 4.44. The van der Waals surface area contributed by atoms with Crippen LogP contribution in [0.3, 0.4) is 0 Å². The van der Waals surface area contributed by atoms with Gasteiger partial charge in [-0.15, -0.1) is 0 Å². The Labute approximate surface area is 90.3 Å². The summed E-state index contributed by atoms with van der Waals surface area (Å²) in [6.45, 7) is 4.28. The standard InChI is InChI=1S/C9H10IN3/c1-6(2)7-5-8-9(10)11-3-4-13(8)12-7/h3-6H,1-2H3. The highest BCUT2D eigenvalue weighted by Gasteiger charge is 2.07. The molecule has 0 spiro atoms. The van der Waals surface area contributed by atoms with Crippen LogP contribution in [-0.4, -0.2) is 14.6 Å². The van der Waals surface area contributed by atoms with Crippen molar-refractivity contribution in [1.82, 2.24) is 14.6 Å². The van der Waals surface area contributed by atoms with Gasteiger partial charge in [-0.1, -0.05) is 13.8 Å². The van der Waals surface area contributed by atoms with Gasteiger partial charge in [-0.3, -0.25) is 0 Å². The van der Waals surface area contributed by atoms with Crippen LogP contribution in [0.15, 0.2) is 18.5 Å². The maximum atomic E-state index is 4.44. The molecule has 0 saturated carbocycles. The Bertz CT molecular complexity index is 433. The third-order valence-electron chi connectivity index (χ3n) is 1.95. The summed E-state index contributed by atoms with van der Waals surface area (Å²) in [6, 6.07) is 2.10. The molecule has 2 rings (SSSR count). The summed E-state index contributed by atoms with van der Waals surface area (Å²) in [7, 11) is 0. The van der Waals surface area contributed by atoms with Crippen LogP contribution in [0.4, 0.5) is 0 Å². The molecule has 3 nitrogen and oxygen atoms in total. The van der Waals surface area contributed by atoms with Crippen LogP contribution in [0.2, 0.25) is 0 Å². The van der Waals surface area contributed by atoms with Crippen molar-refractivity contribution in [2.45, 2.75) is 19.8 Å². The van der Waals surface area contributed by atoms with Crippen LogP contribution >= 0.6 is 22.6 Å². The van der Waals surface area contributed by atoms with Crippen molar-refractivity contribution >= 4 is 28.1 Å². The maximum Gasteiger partial charge on any atom is 0.127 e. The van der Waals surface area contributed by atoms with Gasteiger partial charge in [0.05, 0.1) is 11.2 Å². The summed E-state index contributed by atoms with van der Waals surface area (Å²) in [6.07, 6.45) is 3.65. The highest BCUT2D eigenvalue weighted by Crippen LogP contribution is 2.17. The lowest BCUT2D eigenvalue weighted by atomic mass is 10.1. The van der Waals surface area contributed by atoms with Gasteiger partial charge in [-0.2, -0.15) is 5.10 Å². The number of hydrogen-bond donors (Lipinski definition) is 0. The molecule has 0 aliphatic carbocycles. The first-order valence-electron chi connectivity index (χ1n) is 4.18. The fourth-order valence-corrected chi connectivity index (χ4v) is 1.75. The zero-order valence-corrected chi connectivity index (χ0v) is 9.69. The second-order valence-corrected chi connectivity index (χ2v) is 4.29. The second-order valence-electron chi connectivity index (χ2n) is 3.27. The number of aromatic nitrogens is 3. The quantitative estimate of drug-likeness (QED) is 0.754. The van der Waals surface area contributed by atoms with Crippen molar-refractivity contribution in [3.05, 3.63) is 27.9 Å². The molecule has 2 heterocycles. The average molecular weight is 287 g/mol. The first-order chi connectivity index (χ1) is 6.18. The minimum absolute atomic E-state index is 0.468. The van der Waals surface area contributed by atoms with E-state index in [4.69, 9.17) is 0 Å². The van der Waals surface area contributed by atoms with Gasteiger partial charge in [-0.05, 0) is 34.6 Å². The predicted molar refractivity (Wildman–Crippen MR) is 59.8 cm³/mol. The Kier molecular flexibility index (Phi) is 2.23. The number of hydrogen-bond acceptors (Lipinski definition) is 2. The van der Waals surface area contributed by atoms with Crippen LogP contribution in [0.5, 0.6) is 0 Å². The second kappa shape index (κ2) is 3.25. The third-order valence-corrected chi connectivity index (χ3v) is 2.78. The number of rotatable bonds is 1. The van der Waals surface area contributed by atoms with E-state index in [9.17, 15) is 0 Å². The van der Waals surface area contributed by atoms with Gasteiger partial charge in [0.25, 0.3) is 0 Å². The Morgan fingerprint density at radius 3 is 2.85 bits per heavy atom. The van der Waals surface area contributed by atoms with Gasteiger partial charge in [0.1, 0.15) is 3.70 Å². The van der Waals surface area contributed by atoms with Crippen LogP contribution in [0.1, 0.15) is 25.5 Å². The molecule has 4 heteroatoms. The molecule has 0 aromatic carbocycles. The van der Waals surface area contributed by atoms with E-state index in [1.165, 1.54) is 0 Å². The molecule has 0 aliphatic rings. The van der Waals surface area contributed by atoms with E-state index in [2.05, 4.69) is 52.6 Å². The van der Waals surface area contributed by atoms with Crippen LogP contribution in [0, 0.1) is 3.70 Å². The van der Waals surface area contributed by atoms with Crippen LogP contribution in [0.25, 0.3) is 5.52 Å². The molecule has 2 aromatic rings. The fraction of sp³-hybridized carbons (Fsp3) is 0.333. The molecule has 0 atom stereocenters. The summed E-state index contributed by atoms with van der Waals surface area (Å²) in [5, 5.41) is 4.44. The van der Waals surface area contributed by atoms with Gasteiger partial charge >= 0.3 is 0 Å². The number of halogens is 1. The normalized spacial score (nSPS) is 11.4. The summed E-state index contributed by atoms with van der Waals surface area (Å²) in [4.78, 5) is 4.21. The van der Waals surface area contributed by atoms with Crippen molar-refractivity contribution in [3.63, 3.8) is 0 Å². The number of nitrogens with zero attached hydrogens (tertiary/aromatic N) is 3. The smallest absolute Gasteiger partial charge is 0.127 e. The zero-order valence-electron chi connectivity index (χ0n) is 7.53. The summed E-state index contributed by atoms with van der Waals surface area (Å²) < 4.78 is 2.88. The molecule has 0 N–H and O–H groups in total. The van der Waals surface area contributed by atoms with E-state index in [1.807, 2.05) is 10.7 Å². The van der Waals surface area contributed by atoms with E-state index in [0.29, 0.717) is 5.92 Å². The highest BCUT2D eigenvalue weighted by atomic mass is 127. The Hall–Kier alpha value is -0.650. The van der Waals surface area contributed by atoms with Crippen molar-refractivity contribution in [3.8, 4) is 0 Å². The van der Waals surface area contributed by atoms with E-state index in [1.54, 1.807) is 6.20 Å². The lowest BCUT2D eigenvalue weighted by Gasteiger charge is -1.95. The molecular formula is C9H10IN3. The van der Waals surface area contributed by atoms with Gasteiger partial charge in [0.2, 0.25) is 0 Å². The largest absolute Gasteiger partial charge is 0.246 e. The van der Waals surface area contributed by atoms with Crippen molar-refractivity contribution < 1.29 is 0 Å². The first-order valence-corrected chi connectivity index (χ1v) is 5.26. The zero-order chi connectivity index (χ0) is 9.42. The summed E-state index contributed by atoms with van der Waals surface area (Å²) in [5.41, 5.74) is 2.21. The minimum atomic E-state index is 0.468. The minimum Gasteiger partial charge on any atom is -0.246 e. The molecule has 68 valence electrons. The number of fused-ring (bicyclic) bond motifs is 1. The summed E-state index contributed by atoms with van der Waals surface area (Å²) >= 11 is 2.22. The highest BCUT2D eigenvalue weighted by molar-refractivity contribution is 14.1. The molecule has 0 bridgehead atoms. The average Bonchev–Trinajstić information content (AvgIpc) is 2.49. The topological polar surface area (TPSA) is 30.2 Å². The Morgan fingerprint density at radius 1 is 1.46 bits per heavy atom. The first kappa shape index (κ1) is 8.93. The molecule has 2 aromatic heterocycles. The monoisotopic (exact) mass is 287 g/mol. The van der Waals surface area contributed by atoms with E-state index >= 15 is 0 Å².